The lowest BCUT2D eigenvalue weighted by Crippen LogP contribution is -2.25. The molecule has 2 aromatic carbocycles. The Bertz CT molecular complexity index is 1490. The number of anilines is 2. The van der Waals surface area contributed by atoms with Crippen LogP contribution in [0.2, 0.25) is 10.0 Å². The predicted octanol–water partition coefficient (Wildman–Crippen LogP) is 6.86. The maximum absolute atomic E-state index is 13.5. The maximum atomic E-state index is 13.5. The van der Waals surface area contributed by atoms with E-state index >= 15 is 0 Å². The number of carbonyl (C=O) groups excluding carboxylic acids is 2. The van der Waals surface area contributed by atoms with Gasteiger partial charge in [0.05, 0.1) is 0 Å². The van der Waals surface area contributed by atoms with Crippen LogP contribution in [0, 0.1) is 0 Å². The van der Waals surface area contributed by atoms with Crippen LogP contribution in [0.15, 0.2) is 53.3 Å². The van der Waals surface area contributed by atoms with Gasteiger partial charge in [0, 0.05) is 33.2 Å². The highest BCUT2D eigenvalue weighted by Crippen LogP contribution is 2.27. The van der Waals surface area contributed by atoms with E-state index in [-0.39, 0.29) is 15.5 Å². The Hall–Kier alpha value is -3.20. The molecule has 2 amide bonds. The van der Waals surface area contributed by atoms with Gasteiger partial charge in [0.1, 0.15) is 10.6 Å². The minimum atomic E-state index is -0.589. The first-order chi connectivity index (χ1) is 17.8. The molecule has 0 unspecified atom stereocenters. The third-order valence-corrected chi connectivity index (χ3v) is 7.13. The molecule has 37 heavy (non-hydrogen) atoms. The third-order valence-electron chi connectivity index (χ3n) is 5.65. The van der Waals surface area contributed by atoms with Gasteiger partial charge in [-0.15, -0.1) is 0 Å². The Labute approximate surface area is 228 Å². The minimum Gasteiger partial charge on any atom is -0.321 e. The summed E-state index contributed by atoms with van der Waals surface area (Å²) < 4.78 is 1.19. The molecule has 192 valence electrons. The van der Waals surface area contributed by atoms with Crippen molar-refractivity contribution < 1.29 is 9.59 Å². The lowest BCUT2D eigenvalue weighted by Gasteiger charge is -2.09. The fourth-order valence-electron chi connectivity index (χ4n) is 3.90. The molecule has 0 spiro atoms. The van der Waals surface area contributed by atoms with Crippen molar-refractivity contribution in [1.82, 2.24) is 9.38 Å². The van der Waals surface area contributed by atoms with Crippen molar-refractivity contribution in [2.45, 2.75) is 46.0 Å². The van der Waals surface area contributed by atoms with Crippen LogP contribution in [0.25, 0.3) is 4.96 Å². The molecule has 0 fully saturated rings. The third kappa shape index (κ3) is 6.39. The van der Waals surface area contributed by atoms with Crippen molar-refractivity contribution in [2.75, 3.05) is 10.6 Å². The van der Waals surface area contributed by atoms with Gasteiger partial charge in [-0.1, -0.05) is 73.4 Å². The molecule has 0 saturated heterocycles. The van der Waals surface area contributed by atoms with Crippen LogP contribution in [0.3, 0.4) is 0 Å². The van der Waals surface area contributed by atoms with Crippen LogP contribution < -0.4 is 16.2 Å². The molecule has 2 heterocycles. The zero-order valence-electron chi connectivity index (χ0n) is 20.4. The lowest BCUT2D eigenvalue weighted by molar-refractivity contribution is 0.0989. The normalized spacial score (nSPS) is 11.0. The van der Waals surface area contributed by atoms with Crippen LogP contribution in [0.5, 0.6) is 0 Å². The summed E-state index contributed by atoms with van der Waals surface area (Å²) in [5.74, 6) is -1.17. The van der Waals surface area contributed by atoms with Crippen molar-refractivity contribution in [3.8, 4) is 0 Å². The van der Waals surface area contributed by atoms with Gasteiger partial charge in [-0.25, -0.2) is 9.38 Å². The molecule has 4 aromatic rings. The van der Waals surface area contributed by atoms with Crippen LogP contribution in [0.1, 0.15) is 64.5 Å². The number of benzene rings is 2. The van der Waals surface area contributed by atoms with E-state index in [0.717, 1.165) is 37.0 Å². The number of aromatic nitrogens is 2. The van der Waals surface area contributed by atoms with E-state index in [0.29, 0.717) is 33.5 Å². The Kier molecular flexibility index (Phi) is 8.63. The molecule has 10 heteroatoms. The molecule has 4 rings (SSSR count). The van der Waals surface area contributed by atoms with Gasteiger partial charge in [0.2, 0.25) is 0 Å². The van der Waals surface area contributed by atoms with Gasteiger partial charge >= 0.3 is 0 Å². The second-order valence-electron chi connectivity index (χ2n) is 8.60. The van der Waals surface area contributed by atoms with E-state index in [1.165, 1.54) is 16.0 Å². The maximum Gasteiger partial charge on any atom is 0.274 e. The topological polar surface area (TPSA) is 92.6 Å². The first kappa shape index (κ1) is 26.9. The molecule has 0 aliphatic heterocycles. The van der Waals surface area contributed by atoms with Gasteiger partial charge < -0.3 is 10.6 Å². The monoisotopic (exact) mass is 556 g/mol. The standard InChI is InChI=1S/C27H26Cl2N4O3S/c1-3-5-7-16-8-10-19(11-9-16)30-25(35)23-24(26(36)31-21-13-17(28)12-18(29)14-21)37-27-32-20(6-4-2)15-22(34)33(23)27/h8-15H,3-7H2,1-2H3,(H,30,35)(H,31,36). The summed E-state index contributed by atoms with van der Waals surface area (Å²) in [6, 6.07) is 13.6. The van der Waals surface area contributed by atoms with E-state index < -0.39 is 17.4 Å². The number of rotatable bonds is 9. The molecule has 0 atom stereocenters. The summed E-state index contributed by atoms with van der Waals surface area (Å²) in [6.07, 6.45) is 4.55. The van der Waals surface area contributed by atoms with Crippen molar-refractivity contribution in [3.05, 3.63) is 90.8 Å². The van der Waals surface area contributed by atoms with E-state index in [9.17, 15) is 14.4 Å². The number of hydrogen-bond donors (Lipinski definition) is 2. The predicted molar refractivity (Wildman–Crippen MR) is 151 cm³/mol. The summed E-state index contributed by atoms with van der Waals surface area (Å²) in [7, 11) is 0. The summed E-state index contributed by atoms with van der Waals surface area (Å²) in [6.45, 7) is 4.12. The number of amides is 2. The van der Waals surface area contributed by atoms with Crippen LogP contribution in [-0.2, 0) is 12.8 Å². The Morgan fingerprint density at radius 1 is 0.892 bits per heavy atom. The smallest absolute Gasteiger partial charge is 0.274 e. The average molecular weight is 558 g/mol. The highest BCUT2D eigenvalue weighted by atomic mass is 35.5. The molecule has 0 aliphatic rings. The van der Waals surface area contributed by atoms with Gasteiger partial charge in [0.15, 0.2) is 4.96 Å². The second kappa shape index (κ2) is 11.9. The summed E-state index contributed by atoms with van der Waals surface area (Å²) in [4.78, 5) is 44.7. The van der Waals surface area contributed by atoms with E-state index in [1.54, 1.807) is 18.2 Å². The quantitative estimate of drug-likeness (QED) is 0.235. The first-order valence-electron chi connectivity index (χ1n) is 12.0. The number of fused-ring (bicyclic) bond motifs is 1. The molecule has 0 aliphatic carbocycles. The van der Waals surface area contributed by atoms with Crippen LogP contribution in [0.4, 0.5) is 11.4 Å². The van der Waals surface area contributed by atoms with Gasteiger partial charge in [0.25, 0.3) is 17.4 Å². The van der Waals surface area contributed by atoms with Crippen molar-refractivity contribution >= 4 is 62.7 Å². The molecule has 0 radical (unpaired) electrons. The molecule has 0 saturated carbocycles. The molecular formula is C27H26Cl2N4O3S. The van der Waals surface area contributed by atoms with Crippen molar-refractivity contribution in [1.29, 1.82) is 0 Å². The fourth-order valence-corrected chi connectivity index (χ4v) is 5.47. The number of thiazole rings is 1. The molecule has 0 bridgehead atoms. The van der Waals surface area contributed by atoms with Crippen molar-refractivity contribution in [2.24, 2.45) is 0 Å². The van der Waals surface area contributed by atoms with Crippen LogP contribution in [-0.4, -0.2) is 21.2 Å². The molecule has 2 N–H and O–H groups in total. The molecule has 7 nitrogen and oxygen atoms in total. The summed E-state index contributed by atoms with van der Waals surface area (Å²) in [5.41, 5.74) is 2.19. The minimum absolute atomic E-state index is 0.0476. The highest BCUT2D eigenvalue weighted by Gasteiger charge is 2.26. The number of nitrogens with zero attached hydrogens (tertiary/aromatic N) is 2. The second-order valence-corrected chi connectivity index (χ2v) is 10.5. The zero-order valence-corrected chi connectivity index (χ0v) is 22.8. The van der Waals surface area contributed by atoms with E-state index in [4.69, 9.17) is 23.2 Å². The number of nitrogens with one attached hydrogen (secondary N) is 2. The SMILES string of the molecule is CCCCc1ccc(NC(=O)c2c(C(=O)Nc3cc(Cl)cc(Cl)c3)sc3nc(CCC)cc(=O)n23)cc1. The summed E-state index contributed by atoms with van der Waals surface area (Å²) in [5, 5.41) is 6.25. The number of halogens is 2. The van der Waals surface area contributed by atoms with E-state index in [1.807, 2.05) is 31.2 Å². The summed E-state index contributed by atoms with van der Waals surface area (Å²) >= 11 is 13.1. The fraction of sp³-hybridized carbons (Fsp3) is 0.259. The largest absolute Gasteiger partial charge is 0.321 e. The van der Waals surface area contributed by atoms with Gasteiger partial charge in [-0.2, -0.15) is 0 Å². The Morgan fingerprint density at radius 3 is 2.22 bits per heavy atom. The Morgan fingerprint density at radius 2 is 1.57 bits per heavy atom. The number of hydrogen-bond acceptors (Lipinski definition) is 5. The number of aryl methyl sites for hydroxylation is 2. The number of unbranched alkanes of at least 4 members (excludes halogenated alkanes) is 1. The Balaban J connectivity index is 1.73. The van der Waals surface area contributed by atoms with Gasteiger partial charge in [-0.05, 0) is 55.2 Å². The first-order valence-corrected chi connectivity index (χ1v) is 13.6. The van der Waals surface area contributed by atoms with Crippen molar-refractivity contribution in [3.63, 3.8) is 0 Å². The molecule has 2 aromatic heterocycles. The number of carbonyl (C=O) groups is 2. The average Bonchev–Trinajstić information content (AvgIpc) is 3.24. The van der Waals surface area contributed by atoms with Gasteiger partial charge in [-0.3, -0.25) is 14.4 Å². The zero-order chi connectivity index (χ0) is 26.5. The van der Waals surface area contributed by atoms with Crippen LogP contribution >= 0.6 is 34.5 Å². The lowest BCUT2D eigenvalue weighted by atomic mass is 10.1. The molecular weight excluding hydrogens is 531 g/mol. The highest BCUT2D eigenvalue weighted by molar-refractivity contribution is 7.19. The van der Waals surface area contributed by atoms with E-state index in [2.05, 4.69) is 22.5 Å².